The highest BCUT2D eigenvalue weighted by Gasteiger charge is 2.36. The van der Waals surface area contributed by atoms with Gasteiger partial charge in [0.2, 0.25) is 0 Å². The lowest BCUT2D eigenvalue weighted by Crippen LogP contribution is -2.45. The van der Waals surface area contributed by atoms with Crippen molar-refractivity contribution >= 4 is 11.5 Å². The lowest BCUT2D eigenvalue weighted by atomic mass is 9.81. The minimum absolute atomic E-state index is 0.0428. The second-order valence-electron chi connectivity index (χ2n) is 7.90. The molecule has 146 valence electrons. The topological polar surface area (TPSA) is 83.7 Å². The summed E-state index contributed by atoms with van der Waals surface area (Å²) in [6.45, 7) is 2.19. The highest BCUT2D eigenvalue weighted by molar-refractivity contribution is 6.00. The van der Waals surface area contributed by atoms with Crippen LogP contribution in [0, 0.1) is 16.0 Å². The van der Waals surface area contributed by atoms with Crippen LogP contribution in [0.1, 0.15) is 40.7 Å². The van der Waals surface area contributed by atoms with E-state index in [9.17, 15) is 20.0 Å². The van der Waals surface area contributed by atoms with Crippen molar-refractivity contribution in [2.75, 3.05) is 19.6 Å². The predicted octanol–water partition coefficient (Wildman–Crippen LogP) is 3.32. The molecule has 0 bridgehead atoms. The summed E-state index contributed by atoms with van der Waals surface area (Å²) in [6.07, 6.45) is 2.71. The number of hydrogen-bond acceptors (Lipinski definition) is 5. The van der Waals surface area contributed by atoms with Gasteiger partial charge in [-0.3, -0.25) is 14.9 Å². The van der Waals surface area contributed by atoms with Crippen LogP contribution >= 0.6 is 0 Å². The van der Waals surface area contributed by atoms with Crippen LogP contribution in [0.3, 0.4) is 0 Å². The summed E-state index contributed by atoms with van der Waals surface area (Å²) in [5.41, 5.74) is 1.62. The van der Waals surface area contributed by atoms with Crippen molar-refractivity contribution in [3.8, 4) is 0 Å². The van der Waals surface area contributed by atoms with Crippen LogP contribution in [0.5, 0.6) is 0 Å². The summed E-state index contributed by atoms with van der Waals surface area (Å²) in [7, 11) is 0. The molecule has 2 aliphatic rings. The largest absolute Gasteiger partial charge is 0.385 e. The first-order valence-electron chi connectivity index (χ1n) is 9.78. The van der Waals surface area contributed by atoms with Crippen molar-refractivity contribution in [1.82, 2.24) is 4.90 Å². The third kappa shape index (κ3) is 3.57. The van der Waals surface area contributed by atoms with Crippen molar-refractivity contribution < 1.29 is 14.8 Å². The zero-order valence-electron chi connectivity index (χ0n) is 15.7. The fraction of sp³-hybridized carbons (Fsp3) is 0.409. The molecule has 2 aromatic rings. The van der Waals surface area contributed by atoms with E-state index in [0.717, 1.165) is 24.2 Å². The Hall–Kier alpha value is -2.57. The number of aliphatic hydroxyl groups is 1. The molecule has 6 heteroatoms. The Morgan fingerprint density at radius 1 is 1.14 bits per heavy atom. The maximum Gasteiger partial charge on any atom is 0.269 e. The summed E-state index contributed by atoms with van der Waals surface area (Å²) in [5.74, 6) is -0.00285. The van der Waals surface area contributed by atoms with E-state index in [1.54, 1.807) is 6.07 Å². The van der Waals surface area contributed by atoms with Gasteiger partial charge < -0.3 is 10.0 Å². The van der Waals surface area contributed by atoms with E-state index in [2.05, 4.69) is 4.90 Å². The van der Waals surface area contributed by atoms with E-state index in [1.165, 1.54) is 12.1 Å². The lowest BCUT2D eigenvalue weighted by molar-refractivity contribution is -0.384. The van der Waals surface area contributed by atoms with E-state index in [-0.39, 0.29) is 17.4 Å². The van der Waals surface area contributed by atoms with Gasteiger partial charge in [0.1, 0.15) is 0 Å². The first-order chi connectivity index (χ1) is 13.5. The van der Waals surface area contributed by atoms with Gasteiger partial charge in [0, 0.05) is 43.2 Å². The molecular weight excluding hydrogens is 356 g/mol. The smallest absolute Gasteiger partial charge is 0.269 e. The number of nitro groups is 1. The number of nitro benzene ring substituents is 1. The number of nitrogens with zero attached hydrogens (tertiary/aromatic N) is 2. The summed E-state index contributed by atoms with van der Waals surface area (Å²) in [4.78, 5) is 25.7. The van der Waals surface area contributed by atoms with Gasteiger partial charge in [-0.05, 0) is 42.9 Å². The van der Waals surface area contributed by atoms with Gasteiger partial charge in [0.25, 0.3) is 5.69 Å². The highest BCUT2D eigenvalue weighted by Crippen LogP contribution is 2.34. The van der Waals surface area contributed by atoms with E-state index in [1.807, 2.05) is 30.3 Å². The molecule has 0 aromatic heterocycles. The number of benzene rings is 2. The van der Waals surface area contributed by atoms with Crippen LogP contribution < -0.4 is 0 Å². The van der Waals surface area contributed by atoms with Crippen molar-refractivity contribution in [1.29, 1.82) is 0 Å². The number of likely N-dealkylation sites (tertiary alicyclic amines) is 1. The maximum atomic E-state index is 12.9. The monoisotopic (exact) mass is 380 g/mol. The van der Waals surface area contributed by atoms with E-state index in [0.29, 0.717) is 37.8 Å². The molecule has 2 aromatic carbocycles. The number of aryl methyl sites for hydroxylation is 1. The normalized spacial score (nSPS) is 21.9. The van der Waals surface area contributed by atoms with Gasteiger partial charge >= 0.3 is 0 Å². The highest BCUT2D eigenvalue weighted by atomic mass is 16.6. The first-order valence-corrected chi connectivity index (χ1v) is 9.78. The molecule has 0 radical (unpaired) electrons. The molecule has 6 nitrogen and oxygen atoms in total. The van der Waals surface area contributed by atoms with Gasteiger partial charge in [-0.15, -0.1) is 0 Å². The van der Waals surface area contributed by atoms with Crippen molar-refractivity contribution in [3.63, 3.8) is 0 Å². The van der Waals surface area contributed by atoms with Gasteiger partial charge in [-0.25, -0.2) is 0 Å². The molecule has 1 aliphatic heterocycles. The van der Waals surface area contributed by atoms with Crippen molar-refractivity contribution in [2.45, 2.75) is 31.3 Å². The Balaban J connectivity index is 1.40. The summed E-state index contributed by atoms with van der Waals surface area (Å²) >= 11 is 0. The molecule has 1 heterocycles. The standard InChI is InChI=1S/C22H24N2O4/c25-21-17(7-6-16-14-19(24(27)28)8-9-20(16)21)15-23-12-10-22(26,11-13-23)18-4-2-1-3-5-18/h1-5,8-9,14,17,26H,6-7,10-13,15H2. The molecule has 1 N–H and O–H groups in total. The Kier molecular flexibility index (Phi) is 5.00. The average Bonchev–Trinajstić information content (AvgIpc) is 2.72. The van der Waals surface area contributed by atoms with Crippen LogP contribution in [0.2, 0.25) is 0 Å². The van der Waals surface area contributed by atoms with Crippen LogP contribution in [-0.2, 0) is 12.0 Å². The number of carbonyl (C=O) groups is 1. The number of piperidine rings is 1. The third-order valence-electron chi connectivity index (χ3n) is 6.17. The molecule has 1 saturated heterocycles. The molecular formula is C22H24N2O4. The second-order valence-corrected chi connectivity index (χ2v) is 7.90. The Morgan fingerprint density at radius 3 is 2.54 bits per heavy atom. The molecule has 0 saturated carbocycles. The second kappa shape index (κ2) is 7.45. The summed E-state index contributed by atoms with van der Waals surface area (Å²) in [6, 6.07) is 14.3. The fourth-order valence-electron chi connectivity index (χ4n) is 4.45. The number of fused-ring (bicyclic) bond motifs is 1. The minimum Gasteiger partial charge on any atom is -0.385 e. The zero-order chi connectivity index (χ0) is 19.7. The van der Waals surface area contributed by atoms with E-state index >= 15 is 0 Å². The zero-order valence-corrected chi connectivity index (χ0v) is 15.7. The number of rotatable bonds is 4. The molecule has 1 fully saturated rings. The van der Waals surface area contributed by atoms with Crippen LogP contribution in [0.4, 0.5) is 5.69 Å². The van der Waals surface area contributed by atoms with E-state index in [4.69, 9.17) is 0 Å². The minimum atomic E-state index is -0.792. The molecule has 0 amide bonds. The van der Waals surface area contributed by atoms with Crippen molar-refractivity contribution in [3.05, 3.63) is 75.3 Å². The number of non-ortho nitro benzene ring substituents is 1. The lowest BCUT2D eigenvalue weighted by Gasteiger charge is -2.40. The first kappa shape index (κ1) is 18.8. The third-order valence-corrected chi connectivity index (χ3v) is 6.17. The number of ketones is 1. The Morgan fingerprint density at radius 2 is 1.86 bits per heavy atom. The van der Waals surface area contributed by atoms with Gasteiger partial charge in [0.15, 0.2) is 5.78 Å². The summed E-state index contributed by atoms with van der Waals surface area (Å²) < 4.78 is 0. The number of hydrogen-bond donors (Lipinski definition) is 1. The molecule has 0 spiro atoms. The maximum absolute atomic E-state index is 12.9. The number of Topliss-reactive ketones (excluding diaryl/α,β-unsaturated/α-hetero) is 1. The van der Waals surface area contributed by atoms with Crippen LogP contribution in [-0.4, -0.2) is 40.3 Å². The Labute approximate surface area is 163 Å². The van der Waals surface area contributed by atoms with Gasteiger partial charge in [-0.2, -0.15) is 0 Å². The van der Waals surface area contributed by atoms with Crippen LogP contribution in [0.15, 0.2) is 48.5 Å². The number of carbonyl (C=O) groups excluding carboxylic acids is 1. The van der Waals surface area contributed by atoms with E-state index < -0.39 is 10.5 Å². The molecule has 1 atom stereocenters. The van der Waals surface area contributed by atoms with Crippen LogP contribution in [0.25, 0.3) is 0 Å². The molecule has 4 rings (SSSR count). The van der Waals surface area contributed by atoms with Gasteiger partial charge in [-0.1, -0.05) is 30.3 Å². The quantitative estimate of drug-likeness (QED) is 0.650. The average molecular weight is 380 g/mol. The fourth-order valence-corrected chi connectivity index (χ4v) is 4.45. The predicted molar refractivity (Wildman–Crippen MR) is 105 cm³/mol. The SMILES string of the molecule is O=C1c2ccc([N+](=O)[O-])cc2CCC1CN1CCC(O)(c2ccccc2)CC1. The molecule has 28 heavy (non-hydrogen) atoms. The Bertz CT molecular complexity index is 889. The molecule has 1 unspecified atom stereocenters. The molecule has 1 aliphatic carbocycles. The van der Waals surface area contributed by atoms with Gasteiger partial charge in [0.05, 0.1) is 10.5 Å². The summed E-state index contributed by atoms with van der Waals surface area (Å²) in [5, 5.41) is 21.9. The van der Waals surface area contributed by atoms with Crippen molar-refractivity contribution in [2.24, 2.45) is 5.92 Å².